The standard InChI is InChI=1S/C14H30Si/c1-8-12(5)15(11-4,13(6)9-2)14(7)10-3/h11-14H,4,8-10H2,1-3,5-7H3. The number of rotatable bonds is 7. The lowest BCUT2D eigenvalue weighted by atomic mass is 10.3. The van der Waals surface area contributed by atoms with E-state index in [9.17, 15) is 0 Å². The Morgan fingerprint density at radius 3 is 1.27 bits per heavy atom. The van der Waals surface area contributed by atoms with E-state index in [4.69, 9.17) is 0 Å². The second-order valence-corrected chi connectivity index (χ2v) is 10.5. The molecule has 90 valence electrons. The van der Waals surface area contributed by atoms with E-state index < -0.39 is 8.07 Å². The topological polar surface area (TPSA) is 0 Å². The third kappa shape index (κ3) is 2.75. The summed E-state index contributed by atoms with van der Waals surface area (Å²) in [5.41, 5.74) is 5.02. The molecule has 0 aliphatic carbocycles. The zero-order valence-corrected chi connectivity index (χ0v) is 12.6. The Morgan fingerprint density at radius 1 is 0.867 bits per heavy atom. The van der Waals surface area contributed by atoms with Crippen LogP contribution in [0.3, 0.4) is 0 Å². The van der Waals surface area contributed by atoms with Crippen LogP contribution in [0.5, 0.6) is 0 Å². The maximum absolute atomic E-state index is 4.20. The van der Waals surface area contributed by atoms with Gasteiger partial charge >= 0.3 is 0 Å². The van der Waals surface area contributed by atoms with Crippen molar-refractivity contribution in [3.8, 4) is 0 Å². The molecule has 0 aromatic carbocycles. The van der Waals surface area contributed by atoms with Crippen LogP contribution in [0.2, 0.25) is 16.6 Å². The molecule has 0 spiro atoms. The van der Waals surface area contributed by atoms with Gasteiger partial charge in [0.05, 0.1) is 8.07 Å². The van der Waals surface area contributed by atoms with Crippen molar-refractivity contribution in [2.24, 2.45) is 0 Å². The molecule has 0 amide bonds. The second-order valence-electron chi connectivity index (χ2n) is 5.13. The predicted octanol–water partition coefficient (Wildman–Crippen LogP) is 5.56. The lowest BCUT2D eigenvalue weighted by Crippen LogP contribution is -2.44. The molecule has 0 saturated carbocycles. The zero-order valence-electron chi connectivity index (χ0n) is 11.6. The van der Waals surface area contributed by atoms with Crippen LogP contribution in [-0.4, -0.2) is 8.07 Å². The van der Waals surface area contributed by atoms with E-state index in [1.54, 1.807) is 0 Å². The minimum atomic E-state index is -1.32. The van der Waals surface area contributed by atoms with Gasteiger partial charge in [-0.05, 0) is 16.6 Å². The van der Waals surface area contributed by atoms with Crippen LogP contribution in [0, 0.1) is 0 Å². The highest BCUT2D eigenvalue weighted by atomic mass is 28.3. The maximum Gasteiger partial charge on any atom is 0.0854 e. The zero-order chi connectivity index (χ0) is 12.1. The van der Waals surface area contributed by atoms with Gasteiger partial charge in [0.25, 0.3) is 0 Å². The van der Waals surface area contributed by atoms with Crippen LogP contribution in [0.25, 0.3) is 0 Å². The van der Waals surface area contributed by atoms with Crippen LogP contribution in [0.15, 0.2) is 12.3 Å². The summed E-state index contributed by atoms with van der Waals surface area (Å²) in [6, 6.07) is 0. The monoisotopic (exact) mass is 226 g/mol. The van der Waals surface area contributed by atoms with Crippen molar-refractivity contribution < 1.29 is 0 Å². The van der Waals surface area contributed by atoms with Crippen LogP contribution in [0.1, 0.15) is 60.8 Å². The van der Waals surface area contributed by atoms with E-state index in [0.29, 0.717) is 0 Å². The molecule has 0 aromatic heterocycles. The molecule has 3 unspecified atom stereocenters. The van der Waals surface area contributed by atoms with Crippen LogP contribution in [0.4, 0.5) is 0 Å². The predicted molar refractivity (Wildman–Crippen MR) is 75.1 cm³/mol. The molecule has 0 N–H and O–H groups in total. The lowest BCUT2D eigenvalue weighted by molar-refractivity contribution is 0.699. The average molecular weight is 226 g/mol. The van der Waals surface area contributed by atoms with Gasteiger partial charge in [0.1, 0.15) is 0 Å². The van der Waals surface area contributed by atoms with E-state index in [1.807, 2.05) is 0 Å². The molecule has 0 radical (unpaired) electrons. The first-order valence-corrected chi connectivity index (χ1v) is 8.95. The van der Waals surface area contributed by atoms with Gasteiger partial charge in [-0.3, -0.25) is 0 Å². The average Bonchev–Trinajstić information content (AvgIpc) is 2.29. The number of hydrogen-bond donors (Lipinski definition) is 0. The first-order valence-electron chi connectivity index (χ1n) is 6.64. The van der Waals surface area contributed by atoms with Gasteiger partial charge in [-0.15, -0.1) is 12.3 Å². The van der Waals surface area contributed by atoms with E-state index >= 15 is 0 Å². The van der Waals surface area contributed by atoms with Crippen molar-refractivity contribution in [2.45, 2.75) is 77.4 Å². The fraction of sp³-hybridized carbons (Fsp3) is 0.857. The molecule has 0 fully saturated rings. The molecule has 0 aliphatic rings. The van der Waals surface area contributed by atoms with Crippen molar-refractivity contribution in [2.75, 3.05) is 0 Å². The molecular weight excluding hydrogens is 196 g/mol. The Morgan fingerprint density at radius 2 is 1.13 bits per heavy atom. The fourth-order valence-electron chi connectivity index (χ4n) is 3.12. The van der Waals surface area contributed by atoms with Crippen LogP contribution >= 0.6 is 0 Å². The maximum atomic E-state index is 4.20. The molecule has 0 heterocycles. The van der Waals surface area contributed by atoms with E-state index in [2.05, 4.69) is 53.8 Å². The number of hydrogen-bond acceptors (Lipinski definition) is 0. The summed E-state index contributed by atoms with van der Waals surface area (Å²) in [5, 5.41) is 0. The highest BCUT2D eigenvalue weighted by molar-refractivity contribution is 6.88. The lowest BCUT2D eigenvalue weighted by Gasteiger charge is -2.44. The Bertz CT molecular complexity index is 159. The van der Waals surface area contributed by atoms with Crippen molar-refractivity contribution in [1.29, 1.82) is 0 Å². The molecule has 1 heteroatoms. The third-order valence-corrected chi connectivity index (χ3v) is 11.8. The van der Waals surface area contributed by atoms with Crippen LogP contribution in [-0.2, 0) is 0 Å². The van der Waals surface area contributed by atoms with Crippen molar-refractivity contribution in [1.82, 2.24) is 0 Å². The highest BCUT2D eigenvalue weighted by Gasteiger charge is 2.43. The van der Waals surface area contributed by atoms with E-state index in [1.165, 1.54) is 19.3 Å². The largest absolute Gasteiger partial charge is 0.107 e. The SMILES string of the molecule is C=C[Si](C(C)CC)(C(C)CC)C(C)CC. The summed E-state index contributed by atoms with van der Waals surface area (Å²) in [4.78, 5) is 0. The van der Waals surface area contributed by atoms with Gasteiger partial charge in [-0.1, -0.05) is 60.8 Å². The molecular formula is C14H30Si. The van der Waals surface area contributed by atoms with Crippen molar-refractivity contribution in [3.63, 3.8) is 0 Å². The first kappa shape index (κ1) is 15.0. The summed E-state index contributed by atoms with van der Waals surface area (Å²) in [7, 11) is -1.32. The summed E-state index contributed by atoms with van der Waals surface area (Å²) in [6.07, 6.45) is 3.94. The molecule has 0 nitrogen and oxygen atoms in total. The first-order chi connectivity index (χ1) is 7.00. The van der Waals surface area contributed by atoms with Gasteiger partial charge in [0, 0.05) is 0 Å². The molecule has 0 aliphatic heterocycles. The van der Waals surface area contributed by atoms with Crippen molar-refractivity contribution in [3.05, 3.63) is 12.3 Å². The van der Waals surface area contributed by atoms with Gasteiger partial charge in [-0.25, -0.2) is 0 Å². The van der Waals surface area contributed by atoms with Gasteiger partial charge in [0.2, 0.25) is 0 Å². The molecule has 0 aromatic rings. The Hall–Kier alpha value is -0.0431. The molecule has 0 bridgehead atoms. The quantitative estimate of drug-likeness (QED) is 0.498. The van der Waals surface area contributed by atoms with E-state index in [0.717, 1.165) is 16.6 Å². The highest BCUT2D eigenvalue weighted by Crippen LogP contribution is 2.46. The second kappa shape index (κ2) is 6.52. The molecule has 3 atom stereocenters. The van der Waals surface area contributed by atoms with Gasteiger partial charge < -0.3 is 0 Å². The summed E-state index contributed by atoms with van der Waals surface area (Å²) >= 11 is 0. The Labute approximate surface area is 98.2 Å². The minimum absolute atomic E-state index is 0.875. The van der Waals surface area contributed by atoms with Gasteiger partial charge in [0.15, 0.2) is 0 Å². The minimum Gasteiger partial charge on any atom is -0.107 e. The van der Waals surface area contributed by atoms with Crippen molar-refractivity contribution >= 4 is 8.07 Å². The van der Waals surface area contributed by atoms with Crippen LogP contribution < -0.4 is 0 Å². The summed E-state index contributed by atoms with van der Waals surface area (Å²) in [6.45, 7) is 18.6. The molecule has 0 saturated heterocycles. The smallest absolute Gasteiger partial charge is 0.0854 e. The third-order valence-electron chi connectivity index (χ3n) is 4.75. The Kier molecular flexibility index (Phi) is 6.50. The summed E-state index contributed by atoms with van der Waals surface area (Å²) < 4.78 is 0. The fourth-order valence-corrected chi connectivity index (χ4v) is 9.36. The van der Waals surface area contributed by atoms with Gasteiger partial charge in [-0.2, -0.15) is 0 Å². The molecule has 0 rings (SSSR count). The molecule has 15 heavy (non-hydrogen) atoms. The normalized spacial score (nSPS) is 21.5. The van der Waals surface area contributed by atoms with E-state index in [-0.39, 0.29) is 0 Å². The summed E-state index contributed by atoms with van der Waals surface area (Å²) in [5.74, 6) is 0. The Balaban J connectivity index is 5.18.